The smallest absolute Gasteiger partial charge is 0.414 e. The van der Waals surface area contributed by atoms with Crippen LogP contribution in [0.5, 0.6) is 23.0 Å². The van der Waals surface area contributed by atoms with E-state index in [1.165, 1.54) is 0 Å². The Balaban J connectivity index is 0.000000656. The van der Waals surface area contributed by atoms with Gasteiger partial charge in [-0.05, 0) is 42.8 Å². The molecular weight excluding hydrogens is 394 g/mol. The number of nitrogens with one attached hydrogen (secondary N) is 1. The number of aliphatic carboxylic acids is 2. The van der Waals surface area contributed by atoms with Crippen LogP contribution in [-0.2, 0) is 16.1 Å². The van der Waals surface area contributed by atoms with Crippen LogP contribution in [0.1, 0.15) is 24.1 Å². The molecule has 0 spiro atoms. The highest BCUT2D eigenvalue weighted by atomic mass is 16.5. The van der Waals surface area contributed by atoms with Gasteiger partial charge in [-0.2, -0.15) is 0 Å². The summed E-state index contributed by atoms with van der Waals surface area (Å²) in [6.07, 6.45) is 0. The summed E-state index contributed by atoms with van der Waals surface area (Å²) in [5.74, 6) is -0.456. The van der Waals surface area contributed by atoms with Gasteiger partial charge in [0.2, 0.25) is 0 Å². The predicted molar refractivity (Wildman–Crippen MR) is 110 cm³/mol. The van der Waals surface area contributed by atoms with E-state index in [0.717, 1.165) is 34.1 Å². The van der Waals surface area contributed by atoms with Crippen molar-refractivity contribution in [2.24, 2.45) is 0 Å². The Morgan fingerprint density at radius 3 is 1.80 bits per heavy atom. The summed E-state index contributed by atoms with van der Waals surface area (Å²) in [4.78, 5) is 18.2. The summed E-state index contributed by atoms with van der Waals surface area (Å²) in [5, 5.41) is 18.3. The van der Waals surface area contributed by atoms with E-state index >= 15 is 0 Å². The normalized spacial score (nSPS) is 10.8. The average molecular weight is 421 g/mol. The number of benzene rings is 2. The lowest BCUT2D eigenvalue weighted by molar-refractivity contribution is -0.159. The first kappa shape index (κ1) is 24.6. The van der Waals surface area contributed by atoms with Gasteiger partial charge in [0.15, 0.2) is 0 Å². The van der Waals surface area contributed by atoms with Crippen molar-refractivity contribution in [3.8, 4) is 23.0 Å². The summed E-state index contributed by atoms with van der Waals surface area (Å²) in [6, 6.07) is 11.7. The minimum Gasteiger partial charge on any atom is -0.497 e. The predicted octanol–water partition coefficient (Wildman–Crippen LogP) is 2.73. The van der Waals surface area contributed by atoms with E-state index < -0.39 is 11.9 Å². The highest BCUT2D eigenvalue weighted by Crippen LogP contribution is 2.30. The first-order chi connectivity index (χ1) is 14.2. The van der Waals surface area contributed by atoms with E-state index in [1.807, 2.05) is 36.4 Å². The summed E-state index contributed by atoms with van der Waals surface area (Å²) < 4.78 is 21.4. The molecule has 0 aromatic heterocycles. The van der Waals surface area contributed by atoms with Crippen molar-refractivity contribution < 1.29 is 38.7 Å². The lowest BCUT2D eigenvalue weighted by Gasteiger charge is -2.19. The molecule has 0 aliphatic rings. The molecule has 1 atom stereocenters. The fourth-order valence-corrected chi connectivity index (χ4v) is 2.53. The molecule has 0 aliphatic heterocycles. The molecular formula is C21H27NO8. The molecule has 9 heteroatoms. The van der Waals surface area contributed by atoms with Gasteiger partial charge >= 0.3 is 11.9 Å². The minimum atomic E-state index is -1.82. The molecule has 30 heavy (non-hydrogen) atoms. The number of hydrogen-bond acceptors (Lipinski definition) is 7. The van der Waals surface area contributed by atoms with Crippen molar-refractivity contribution in [2.45, 2.75) is 19.5 Å². The Labute approximate surface area is 175 Å². The van der Waals surface area contributed by atoms with Gasteiger partial charge in [-0.3, -0.25) is 0 Å². The SMILES string of the molecule is COc1cc(CNC(C)c2cc(OC)ccc2OC)cc(OC)c1.O=C(O)C(=O)O. The van der Waals surface area contributed by atoms with Crippen LogP contribution < -0.4 is 24.3 Å². The third kappa shape index (κ3) is 7.51. The quantitative estimate of drug-likeness (QED) is 0.552. The van der Waals surface area contributed by atoms with Gasteiger partial charge in [-0.15, -0.1) is 0 Å². The van der Waals surface area contributed by atoms with Crippen molar-refractivity contribution in [2.75, 3.05) is 28.4 Å². The van der Waals surface area contributed by atoms with Gasteiger partial charge in [-0.25, -0.2) is 9.59 Å². The van der Waals surface area contributed by atoms with Crippen LogP contribution in [0.3, 0.4) is 0 Å². The van der Waals surface area contributed by atoms with E-state index in [-0.39, 0.29) is 6.04 Å². The maximum atomic E-state index is 9.10. The maximum absolute atomic E-state index is 9.10. The fourth-order valence-electron chi connectivity index (χ4n) is 2.53. The van der Waals surface area contributed by atoms with Crippen molar-refractivity contribution in [1.29, 1.82) is 0 Å². The van der Waals surface area contributed by atoms with E-state index in [1.54, 1.807) is 28.4 Å². The zero-order valence-corrected chi connectivity index (χ0v) is 17.6. The molecule has 0 heterocycles. The van der Waals surface area contributed by atoms with Crippen LogP contribution >= 0.6 is 0 Å². The Kier molecular flexibility index (Phi) is 9.98. The van der Waals surface area contributed by atoms with E-state index in [9.17, 15) is 0 Å². The molecule has 3 N–H and O–H groups in total. The second-order valence-electron chi connectivity index (χ2n) is 6.04. The van der Waals surface area contributed by atoms with Gasteiger partial charge in [0.05, 0.1) is 28.4 Å². The van der Waals surface area contributed by atoms with Crippen LogP contribution in [0.4, 0.5) is 0 Å². The summed E-state index contributed by atoms with van der Waals surface area (Å²) in [5.41, 5.74) is 2.13. The van der Waals surface area contributed by atoms with Gasteiger partial charge in [-0.1, -0.05) is 0 Å². The first-order valence-corrected chi connectivity index (χ1v) is 8.89. The van der Waals surface area contributed by atoms with Crippen LogP contribution in [0.2, 0.25) is 0 Å². The molecule has 1 unspecified atom stereocenters. The highest BCUT2D eigenvalue weighted by Gasteiger charge is 2.13. The number of carboxylic acids is 2. The number of methoxy groups -OCH3 is 4. The molecule has 0 aliphatic carbocycles. The summed E-state index contributed by atoms with van der Waals surface area (Å²) in [6.45, 7) is 2.77. The minimum absolute atomic E-state index is 0.0900. The molecule has 0 fully saturated rings. The average Bonchev–Trinajstić information content (AvgIpc) is 2.76. The van der Waals surface area contributed by atoms with E-state index in [4.69, 9.17) is 38.7 Å². The van der Waals surface area contributed by atoms with Crippen molar-refractivity contribution in [3.63, 3.8) is 0 Å². The van der Waals surface area contributed by atoms with Crippen molar-refractivity contribution in [1.82, 2.24) is 5.32 Å². The van der Waals surface area contributed by atoms with E-state index in [2.05, 4.69) is 12.2 Å². The van der Waals surface area contributed by atoms with E-state index in [0.29, 0.717) is 6.54 Å². The first-order valence-electron chi connectivity index (χ1n) is 8.89. The molecule has 0 bridgehead atoms. The standard InChI is InChI=1S/C19H25NO4.C2H2O4/c1-13(18-11-15(21-2)6-7-19(18)24-5)20-12-14-8-16(22-3)10-17(9-14)23-4;3-1(4)2(5)6/h6-11,13,20H,12H2,1-5H3;(H,3,4)(H,5,6). The fraction of sp³-hybridized carbons (Fsp3) is 0.333. The molecule has 0 radical (unpaired) electrons. The zero-order valence-electron chi connectivity index (χ0n) is 17.6. The van der Waals surface area contributed by atoms with Crippen LogP contribution in [0.15, 0.2) is 36.4 Å². The van der Waals surface area contributed by atoms with Gasteiger partial charge in [0.1, 0.15) is 23.0 Å². The van der Waals surface area contributed by atoms with Crippen LogP contribution in [-0.4, -0.2) is 50.6 Å². The Bertz CT molecular complexity index is 819. The molecule has 0 saturated carbocycles. The lowest BCUT2D eigenvalue weighted by atomic mass is 10.1. The monoisotopic (exact) mass is 421 g/mol. The second-order valence-corrected chi connectivity index (χ2v) is 6.04. The largest absolute Gasteiger partial charge is 0.497 e. The molecule has 2 rings (SSSR count). The second kappa shape index (κ2) is 12.2. The summed E-state index contributed by atoms with van der Waals surface area (Å²) in [7, 11) is 6.63. The van der Waals surface area contributed by atoms with Gasteiger partial charge < -0.3 is 34.5 Å². The molecule has 0 saturated heterocycles. The number of carboxylic acid groups (broad SMARTS) is 2. The third-order valence-electron chi connectivity index (χ3n) is 4.11. The van der Waals surface area contributed by atoms with Gasteiger partial charge in [0.25, 0.3) is 0 Å². The molecule has 9 nitrogen and oxygen atoms in total. The summed E-state index contributed by atoms with van der Waals surface area (Å²) >= 11 is 0. The van der Waals surface area contributed by atoms with Crippen LogP contribution in [0, 0.1) is 0 Å². The van der Waals surface area contributed by atoms with Crippen LogP contribution in [0.25, 0.3) is 0 Å². The van der Waals surface area contributed by atoms with Gasteiger partial charge in [0, 0.05) is 24.2 Å². The molecule has 2 aromatic carbocycles. The zero-order chi connectivity index (χ0) is 22.7. The number of rotatable bonds is 8. The van der Waals surface area contributed by atoms with Crippen molar-refractivity contribution >= 4 is 11.9 Å². The Morgan fingerprint density at radius 1 is 0.833 bits per heavy atom. The molecule has 164 valence electrons. The third-order valence-corrected chi connectivity index (χ3v) is 4.11. The molecule has 0 amide bonds. The Morgan fingerprint density at radius 2 is 1.37 bits per heavy atom. The topological polar surface area (TPSA) is 124 Å². The van der Waals surface area contributed by atoms with Crippen molar-refractivity contribution in [3.05, 3.63) is 47.5 Å². The highest BCUT2D eigenvalue weighted by molar-refractivity contribution is 6.27. The number of carbonyl (C=O) groups is 2. The molecule has 2 aromatic rings. The maximum Gasteiger partial charge on any atom is 0.414 e. The lowest BCUT2D eigenvalue weighted by Crippen LogP contribution is -2.19. The Hall–Kier alpha value is -3.46. The number of ether oxygens (including phenoxy) is 4. The number of hydrogen-bond donors (Lipinski definition) is 3.